The first-order chi connectivity index (χ1) is 11.8. The minimum absolute atomic E-state index is 0. The minimum atomic E-state index is -0.856. The van der Waals surface area contributed by atoms with E-state index in [4.69, 9.17) is 10.5 Å². The summed E-state index contributed by atoms with van der Waals surface area (Å²) in [6.45, 7) is 5.43. The summed E-state index contributed by atoms with van der Waals surface area (Å²) in [6, 6.07) is 10.4. The lowest BCUT2D eigenvalue weighted by Gasteiger charge is -2.65. The molecule has 1 aliphatic heterocycles. The molecule has 7 heteroatoms. The number of benzene rings is 1. The van der Waals surface area contributed by atoms with E-state index in [1.807, 2.05) is 32.3 Å². The number of hydrogen-bond donors (Lipinski definition) is 2. The molecule has 2 fully saturated rings. The standard InChI is InChI=1S/C20H31N3O2.2ClH/c1-19(2)17-15(11-8-12-25-17)20(19,21)18(24)22-13-16(23(3)4)14-9-6-5-7-10-14;;/h5-7,9-10,15-17H,8,11-13,21H2,1-4H3,(H,22,24);2*1H. The number of halogens is 2. The van der Waals surface area contributed by atoms with Gasteiger partial charge in [-0.05, 0) is 32.5 Å². The Kier molecular flexibility index (Phi) is 8.15. The van der Waals surface area contributed by atoms with Crippen LogP contribution in [0.2, 0.25) is 0 Å². The summed E-state index contributed by atoms with van der Waals surface area (Å²) in [6.07, 6.45) is 2.04. The third-order valence-corrected chi connectivity index (χ3v) is 6.32. The molecule has 4 unspecified atom stereocenters. The molecule has 3 N–H and O–H groups in total. The van der Waals surface area contributed by atoms with E-state index in [-0.39, 0.29) is 54.2 Å². The van der Waals surface area contributed by atoms with Gasteiger partial charge in [0.15, 0.2) is 0 Å². The summed E-state index contributed by atoms with van der Waals surface area (Å²) in [5.41, 5.74) is 6.66. The molecule has 1 heterocycles. The van der Waals surface area contributed by atoms with Crippen molar-refractivity contribution in [2.45, 2.75) is 44.4 Å². The Morgan fingerprint density at radius 1 is 1.30 bits per heavy atom. The lowest BCUT2D eigenvalue weighted by atomic mass is 9.46. The summed E-state index contributed by atoms with van der Waals surface area (Å²) in [5.74, 6) is 0.0674. The van der Waals surface area contributed by atoms with Crippen molar-refractivity contribution in [3.05, 3.63) is 35.9 Å². The number of nitrogens with two attached hydrogens (primary N) is 1. The zero-order valence-corrected chi connectivity index (χ0v) is 18.2. The van der Waals surface area contributed by atoms with Crippen LogP contribution in [-0.4, -0.2) is 49.7 Å². The van der Waals surface area contributed by atoms with Gasteiger partial charge < -0.3 is 20.7 Å². The van der Waals surface area contributed by atoms with E-state index >= 15 is 0 Å². The van der Waals surface area contributed by atoms with Gasteiger partial charge in [-0.2, -0.15) is 0 Å². The van der Waals surface area contributed by atoms with Crippen molar-refractivity contribution in [3.63, 3.8) is 0 Å². The number of fused-ring (bicyclic) bond motifs is 1. The van der Waals surface area contributed by atoms with E-state index in [9.17, 15) is 4.79 Å². The van der Waals surface area contributed by atoms with Crippen LogP contribution in [0, 0.1) is 11.3 Å². The number of carbonyl (C=O) groups excluding carboxylic acids is 1. The molecular formula is C20H33Cl2N3O2. The first-order valence-corrected chi connectivity index (χ1v) is 9.20. The molecule has 3 rings (SSSR count). The largest absolute Gasteiger partial charge is 0.377 e. The maximum absolute atomic E-state index is 13.1. The number of likely N-dealkylation sites (N-methyl/N-ethyl adjacent to an activating group) is 1. The number of hydrogen-bond acceptors (Lipinski definition) is 4. The fourth-order valence-electron chi connectivity index (χ4n) is 4.65. The third-order valence-electron chi connectivity index (χ3n) is 6.32. The SMILES string of the molecule is CN(C)C(CNC(=O)C1(N)C2CCCOC2C1(C)C)c1ccccc1.Cl.Cl. The smallest absolute Gasteiger partial charge is 0.241 e. The molecular weight excluding hydrogens is 385 g/mol. The van der Waals surface area contributed by atoms with Crippen LogP contribution in [-0.2, 0) is 9.53 Å². The van der Waals surface area contributed by atoms with Gasteiger partial charge in [0.25, 0.3) is 0 Å². The monoisotopic (exact) mass is 417 g/mol. The fraction of sp³-hybridized carbons (Fsp3) is 0.650. The van der Waals surface area contributed by atoms with Gasteiger partial charge in [0.05, 0.1) is 12.1 Å². The van der Waals surface area contributed by atoms with Gasteiger partial charge in [-0.15, -0.1) is 24.8 Å². The summed E-state index contributed by atoms with van der Waals surface area (Å²) >= 11 is 0. The third kappa shape index (κ3) is 3.99. The fourth-order valence-corrected chi connectivity index (χ4v) is 4.65. The molecule has 1 saturated heterocycles. The normalized spacial score (nSPS) is 29.4. The Hall–Kier alpha value is -0.850. The van der Waals surface area contributed by atoms with Gasteiger partial charge in [0.2, 0.25) is 5.91 Å². The summed E-state index contributed by atoms with van der Waals surface area (Å²) in [5, 5.41) is 3.13. The maximum atomic E-state index is 13.1. The highest BCUT2D eigenvalue weighted by Gasteiger charge is 2.70. The Morgan fingerprint density at radius 2 is 1.93 bits per heavy atom. The second-order valence-electron chi connectivity index (χ2n) is 8.23. The molecule has 27 heavy (non-hydrogen) atoms. The first kappa shape index (κ1) is 24.2. The molecule has 1 aliphatic carbocycles. The van der Waals surface area contributed by atoms with Crippen molar-refractivity contribution in [2.75, 3.05) is 27.2 Å². The van der Waals surface area contributed by atoms with Crippen LogP contribution in [0.15, 0.2) is 30.3 Å². The molecule has 1 aromatic carbocycles. The molecule has 2 aliphatic rings. The average molecular weight is 418 g/mol. The van der Waals surface area contributed by atoms with Gasteiger partial charge >= 0.3 is 0 Å². The predicted octanol–water partition coefficient (Wildman–Crippen LogP) is 2.78. The Labute approximate surface area is 175 Å². The van der Waals surface area contributed by atoms with Crippen molar-refractivity contribution in [2.24, 2.45) is 17.1 Å². The average Bonchev–Trinajstić information content (AvgIpc) is 2.61. The van der Waals surface area contributed by atoms with Crippen LogP contribution in [0.5, 0.6) is 0 Å². The summed E-state index contributed by atoms with van der Waals surface area (Å²) < 4.78 is 5.90. The van der Waals surface area contributed by atoms with Gasteiger partial charge in [0, 0.05) is 24.5 Å². The number of nitrogens with zero attached hydrogens (tertiary/aromatic N) is 1. The number of ether oxygens (including phenoxy) is 1. The van der Waals surface area contributed by atoms with Crippen molar-refractivity contribution in [3.8, 4) is 0 Å². The quantitative estimate of drug-likeness (QED) is 0.772. The van der Waals surface area contributed by atoms with Crippen molar-refractivity contribution < 1.29 is 9.53 Å². The van der Waals surface area contributed by atoms with Gasteiger partial charge in [-0.25, -0.2) is 0 Å². The second-order valence-corrected chi connectivity index (χ2v) is 8.23. The molecule has 154 valence electrons. The summed E-state index contributed by atoms with van der Waals surface area (Å²) in [4.78, 5) is 15.2. The van der Waals surface area contributed by atoms with Gasteiger partial charge in [0.1, 0.15) is 5.54 Å². The Balaban J connectivity index is 0.00000182. The van der Waals surface area contributed by atoms with E-state index in [0.717, 1.165) is 19.4 Å². The molecule has 1 amide bonds. The minimum Gasteiger partial charge on any atom is -0.377 e. The van der Waals surface area contributed by atoms with Crippen LogP contribution in [0.25, 0.3) is 0 Å². The molecule has 4 atom stereocenters. The van der Waals surface area contributed by atoms with Crippen LogP contribution in [0.1, 0.15) is 38.3 Å². The van der Waals surface area contributed by atoms with Crippen LogP contribution in [0.3, 0.4) is 0 Å². The Bertz CT molecular complexity index is 627. The molecule has 0 radical (unpaired) electrons. The predicted molar refractivity (Wildman–Crippen MR) is 114 cm³/mol. The van der Waals surface area contributed by atoms with Crippen molar-refractivity contribution in [1.29, 1.82) is 0 Å². The lowest BCUT2D eigenvalue weighted by Crippen LogP contribution is -2.82. The van der Waals surface area contributed by atoms with Gasteiger partial charge in [-0.1, -0.05) is 44.2 Å². The van der Waals surface area contributed by atoms with Crippen LogP contribution in [0.4, 0.5) is 0 Å². The molecule has 0 aromatic heterocycles. The van der Waals surface area contributed by atoms with E-state index in [0.29, 0.717) is 6.54 Å². The number of amides is 1. The second kappa shape index (κ2) is 9.10. The van der Waals surface area contributed by atoms with E-state index in [2.05, 4.69) is 36.2 Å². The number of rotatable bonds is 5. The molecule has 0 bridgehead atoms. The highest BCUT2D eigenvalue weighted by atomic mass is 35.5. The van der Waals surface area contributed by atoms with E-state index < -0.39 is 5.54 Å². The number of carbonyl (C=O) groups is 1. The van der Waals surface area contributed by atoms with Crippen LogP contribution >= 0.6 is 24.8 Å². The molecule has 5 nitrogen and oxygen atoms in total. The Morgan fingerprint density at radius 3 is 2.52 bits per heavy atom. The van der Waals surface area contributed by atoms with Crippen LogP contribution < -0.4 is 11.1 Å². The number of nitrogens with one attached hydrogen (secondary N) is 1. The zero-order valence-electron chi connectivity index (χ0n) is 16.6. The van der Waals surface area contributed by atoms with Gasteiger partial charge in [-0.3, -0.25) is 4.79 Å². The first-order valence-electron chi connectivity index (χ1n) is 9.20. The van der Waals surface area contributed by atoms with Crippen molar-refractivity contribution in [1.82, 2.24) is 10.2 Å². The highest BCUT2D eigenvalue weighted by molar-refractivity contribution is 5.89. The highest BCUT2D eigenvalue weighted by Crippen LogP contribution is 2.57. The van der Waals surface area contributed by atoms with E-state index in [1.165, 1.54) is 5.56 Å². The molecule has 1 aromatic rings. The molecule has 1 saturated carbocycles. The molecule has 0 spiro atoms. The zero-order chi connectivity index (χ0) is 18.2. The van der Waals surface area contributed by atoms with E-state index in [1.54, 1.807) is 0 Å². The van der Waals surface area contributed by atoms with Crippen molar-refractivity contribution >= 4 is 30.7 Å². The topological polar surface area (TPSA) is 67.6 Å². The lowest BCUT2D eigenvalue weighted by molar-refractivity contribution is -0.225. The summed E-state index contributed by atoms with van der Waals surface area (Å²) in [7, 11) is 4.06. The maximum Gasteiger partial charge on any atom is 0.241 e.